The second-order valence-electron chi connectivity index (χ2n) is 6.17. The lowest BCUT2D eigenvalue weighted by Gasteiger charge is -2.28. The van der Waals surface area contributed by atoms with Crippen molar-refractivity contribution in [2.24, 2.45) is 0 Å². The van der Waals surface area contributed by atoms with Crippen LogP contribution in [0.15, 0.2) is 24.3 Å². The van der Waals surface area contributed by atoms with Crippen molar-refractivity contribution in [3.8, 4) is 0 Å². The van der Waals surface area contributed by atoms with Gasteiger partial charge < -0.3 is 10.4 Å². The van der Waals surface area contributed by atoms with Crippen molar-refractivity contribution in [2.75, 3.05) is 13.1 Å². The molecule has 0 radical (unpaired) electrons. The Morgan fingerprint density at radius 1 is 1.00 bits per heavy atom. The molecule has 0 saturated heterocycles. The van der Waals surface area contributed by atoms with Gasteiger partial charge in [0.05, 0.1) is 5.60 Å². The van der Waals surface area contributed by atoms with Crippen molar-refractivity contribution in [2.45, 2.75) is 45.6 Å². The molecule has 0 bridgehead atoms. The molecule has 0 amide bonds. The lowest BCUT2D eigenvalue weighted by Crippen LogP contribution is -2.41. The fourth-order valence-corrected chi connectivity index (χ4v) is 1.79. The molecule has 0 atom stereocenters. The van der Waals surface area contributed by atoms with E-state index in [1.54, 1.807) is 0 Å². The third-order valence-corrected chi connectivity index (χ3v) is 2.96. The van der Waals surface area contributed by atoms with Gasteiger partial charge >= 0.3 is 0 Å². The predicted octanol–water partition coefficient (Wildman–Crippen LogP) is 2.63. The number of aliphatic hydroxyl groups is 1. The number of rotatable bonds is 5. The summed E-state index contributed by atoms with van der Waals surface area (Å²) >= 11 is 0. The summed E-state index contributed by atoms with van der Waals surface area (Å²) in [4.78, 5) is 0. The van der Waals surface area contributed by atoms with Gasteiger partial charge in [0.1, 0.15) is 0 Å². The molecular formula is C15H25NO. The minimum Gasteiger partial charge on any atom is -0.389 e. The molecule has 0 aliphatic rings. The maximum absolute atomic E-state index is 9.66. The van der Waals surface area contributed by atoms with Gasteiger partial charge in [0, 0.05) is 18.5 Å². The fourth-order valence-electron chi connectivity index (χ4n) is 1.79. The second-order valence-corrected chi connectivity index (χ2v) is 6.17. The Morgan fingerprint density at radius 3 is 2.00 bits per heavy atom. The average Bonchev–Trinajstić information content (AvgIpc) is 2.15. The van der Waals surface area contributed by atoms with Gasteiger partial charge in [-0.05, 0) is 26.3 Å². The molecule has 0 heterocycles. The highest BCUT2D eigenvalue weighted by Gasteiger charge is 2.21. The third-order valence-electron chi connectivity index (χ3n) is 2.96. The van der Waals surface area contributed by atoms with Crippen LogP contribution in [-0.2, 0) is 5.41 Å². The topological polar surface area (TPSA) is 32.3 Å². The van der Waals surface area contributed by atoms with Crippen LogP contribution in [0.5, 0.6) is 0 Å². The molecule has 2 N–H and O–H groups in total. The lowest BCUT2D eigenvalue weighted by atomic mass is 9.84. The Morgan fingerprint density at radius 2 is 1.53 bits per heavy atom. The van der Waals surface area contributed by atoms with Crippen molar-refractivity contribution < 1.29 is 5.11 Å². The zero-order chi connectivity index (χ0) is 13.1. The van der Waals surface area contributed by atoms with E-state index in [-0.39, 0.29) is 5.41 Å². The first-order chi connectivity index (χ1) is 7.71. The van der Waals surface area contributed by atoms with Gasteiger partial charge in [0.25, 0.3) is 0 Å². The minimum absolute atomic E-state index is 0.0823. The van der Waals surface area contributed by atoms with Gasteiger partial charge in [-0.1, -0.05) is 43.7 Å². The summed E-state index contributed by atoms with van der Waals surface area (Å²) in [5, 5.41) is 13.0. The summed E-state index contributed by atoms with van der Waals surface area (Å²) in [6, 6.07) is 8.66. The summed E-state index contributed by atoms with van der Waals surface area (Å²) in [5.41, 5.74) is 2.04. The minimum atomic E-state index is -0.649. The molecule has 1 rings (SSSR count). The highest BCUT2D eigenvalue weighted by Crippen LogP contribution is 2.22. The Balaban J connectivity index is 2.59. The number of hydrogen-bond donors (Lipinski definition) is 2. The van der Waals surface area contributed by atoms with Crippen molar-refractivity contribution in [3.63, 3.8) is 0 Å². The molecule has 0 fully saturated rings. The number of hydrogen-bond acceptors (Lipinski definition) is 2. The van der Waals surface area contributed by atoms with Crippen molar-refractivity contribution in [1.29, 1.82) is 0 Å². The maximum atomic E-state index is 9.66. The lowest BCUT2D eigenvalue weighted by molar-refractivity contribution is 0.0785. The first-order valence-corrected chi connectivity index (χ1v) is 6.21. The highest BCUT2D eigenvalue weighted by atomic mass is 16.3. The van der Waals surface area contributed by atoms with E-state index < -0.39 is 5.60 Å². The molecule has 0 aliphatic carbocycles. The summed E-state index contributed by atoms with van der Waals surface area (Å²) < 4.78 is 0. The first kappa shape index (κ1) is 14.2. The molecule has 2 heteroatoms. The van der Waals surface area contributed by atoms with Gasteiger partial charge in [-0.2, -0.15) is 0 Å². The zero-order valence-corrected chi connectivity index (χ0v) is 11.7. The third kappa shape index (κ3) is 4.88. The SMILES string of the molecule is Cc1ccc(C(C)(C)CNCC(C)(C)O)cc1. The molecule has 0 aliphatic heterocycles. The van der Waals surface area contributed by atoms with Gasteiger partial charge in [-0.3, -0.25) is 0 Å². The Labute approximate surface area is 105 Å². The van der Waals surface area contributed by atoms with E-state index in [1.165, 1.54) is 11.1 Å². The van der Waals surface area contributed by atoms with Crippen molar-refractivity contribution in [3.05, 3.63) is 35.4 Å². The maximum Gasteiger partial charge on any atom is 0.0715 e. The number of aryl methyl sites for hydroxylation is 1. The normalized spacial score (nSPS) is 12.8. The highest BCUT2D eigenvalue weighted by molar-refractivity contribution is 5.27. The van der Waals surface area contributed by atoms with Gasteiger partial charge in [0.15, 0.2) is 0 Å². The summed E-state index contributed by atoms with van der Waals surface area (Å²) in [6.45, 7) is 11.6. The van der Waals surface area contributed by atoms with Gasteiger partial charge in [-0.15, -0.1) is 0 Å². The van der Waals surface area contributed by atoms with Gasteiger partial charge in [0.2, 0.25) is 0 Å². The Bertz CT molecular complexity index is 346. The average molecular weight is 235 g/mol. The summed E-state index contributed by atoms with van der Waals surface area (Å²) in [5.74, 6) is 0. The smallest absolute Gasteiger partial charge is 0.0715 e. The van der Waals surface area contributed by atoms with Crippen molar-refractivity contribution >= 4 is 0 Å². The molecule has 1 aromatic carbocycles. The fraction of sp³-hybridized carbons (Fsp3) is 0.600. The Kier molecular flexibility index (Phi) is 4.34. The molecule has 0 spiro atoms. The predicted molar refractivity (Wildman–Crippen MR) is 73.4 cm³/mol. The number of benzene rings is 1. The van der Waals surface area contributed by atoms with Crippen LogP contribution >= 0.6 is 0 Å². The molecular weight excluding hydrogens is 210 g/mol. The first-order valence-electron chi connectivity index (χ1n) is 6.21. The molecule has 0 unspecified atom stereocenters. The van der Waals surface area contributed by atoms with Crippen LogP contribution in [0.1, 0.15) is 38.8 Å². The quantitative estimate of drug-likeness (QED) is 0.822. The molecule has 0 aromatic heterocycles. The van der Waals surface area contributed by atoms with E-state index in [9.17, 15) is 5.11 Å². The van der Waals surface area contributed by atoms with E-state index in [2.05, 4.69) is 50.4 Å². The molecule has 2 nitrogen and oxygen atoms in total. The molecule has 17 heavy (non-hydrogen) atoms. The van der Waals surface area contributed by atoms with Crippen LogP contribution in [0.2, 0.25) is 0 Å². The van der Waals surface area contributed by atoms with E-state index in [1.807, 2.05) is 13.8 Å². The van der Waals surface area contributed by atoms with Crippen LogP contribution in [0.3, 0.4) is 0 Å². The van der Waals surface area contributed by atoms with Gasteiger partial charge in [-0.25, -0.2) is 0 Å². The standard InChI is InChI=1S/C15H25NO/c1-12-6-8-13(9-7-12)14(2,3)10-16-11-15(4,5)17/h6-9,16-17H,10-11H2,1-5H3. The van der Waals surface area contributed by atoms with E-state index in [0.29, 0.717) is 6.54 Å². The molecule has 0 saturated carbocycles. The monoisotopic (exact) mass is 235 g/mol. The Hall–Kier alpha value is -0.860. The van der Waals surface area contributed by atoms with Crippen LogP contribution < -0.4 is 5.32 Å². The van der Waals surface area contributed by atoms with Crippen LogP contribution in [0.4, 0.5) is 0 Å². The van der Waals surface area contributed by atoms with Crippen LogP contribution in [0, 0.1) is 6.92 Å². The van der Waals surface area contributed by atoms with Crippen molar-refractivity contribution in [1.82, 2.24) is 5.32 Å². The summed E-state index contributed by atoms with van der Waals surface area (Å²) in [7, 11) is 0. The van der Waals surface area contributed by atoms with E-state index in [4.69, 9.17) is 0 Å². The van der Waals surface area contributed by atoms with E-state index >= 15 is 0 Å². The summed E-state index contributed by atoms with van der Waals surface area (Å²) in [6.07, 6.45) is 0. The van der Waals surface area contributed by atoms with Crippen LogP contribution in [0.25, 0.3) is 0 Å². The molecule has 96 valence electrons. The number of nitrogens with one attached hydrogen (secondary N) is 1. The zero-order valence-electron chi connectivity index (χ0n) is 11.7. The van der Waals surface area contributed by atoms with Crippen LogP contribution in [-0.4, -0.2) is 23.8 Å². The second kappa shape index (κ2) is 5.19. The molecule has 1 aromatic rings. The largest absolute Gasteiger partial charge is 0.389 e. The van der Waals surface area contributed by atoms with E-state index in [0.717, 1.165) is 6.54 Å².